The van der Waals surface area contributed by atoms with Crippen molar-refractivity contribution in [1.29, 1.82) is 0 Å². The van der Waals surface area contributed by atoms with E-state index in [9.17, 15) is 0 Å². The lowest BCUT2D eigenvalue weighted by molar-refractivity contribution is 0.420. The third-order valence-corrected chi connectivity index (χ3v) is 3.25. The maximum absolute atomic E-state index is 4.68. The van der Waals surface area contributed by atoms with Gasteiger partial charge in [-0.05, 0) is 39.7 Å². The number of nitrogens with one attached hydrogen (secondary N) is 1. The molecular formula is C14H23N3. The molecule has 1 aliphatic carbocycles. The van der Waals surface area contributed by atoms with Crippen LogP contribution in [-0.4, -0.2) is 15.5 Å². The molecule has 0 radical (unpaired) electrons. The summed E-state index contributed by atoms with van der Waals surface area (Å²) < 4.78 is 0. The fourth-order valence-electron chi connectivity index (χ4n) is 2.25. The Hall–Kier alpha value is -0.960. The summed E-state index contributed by atoms with van der Waals surface area (Å²) in [6.07, 6.45) is 7.09. The van der Waals surface area contributed by atoms with Crippen LogP contribution in [0.4, 0.5) is 0 Å². The molecule has 0 atom stereocenters. The first-order chi connectivity index (χ1) is 8.04. The topological polar surface area (TPSA) is 37.8 Å². The molecule has 0 bridgehead atoms. The molecule has 0 saturated heterocycles. The smallest absolute Gasteiger partial charge is 0.131 e. The molecule has 0 aromatic carbocycles. The van der Waals surface area contributed by atoms with Crippen LogP contribution in [0.1, 0.15) is 63.9 Å². The minimum Gasteiger partial charge on any atom is -0.306 e. The summed E-state index contributed by atoms with van der Waals surface area (Å²) in [6.45, 7) is 7.34. The SMILES string of the molecule is CC(C)(C)NCc1ccnc(C2CCCC2)n1. The Labute approximate surface area is 104 Å². The normalized spacial score (nSPS) is 17.6. The Bertz CT molecular complexity index is 362. The van der Waals surface area contributed by atoms with Crippen molar-refractivity contribution in [3.63, 3.8) is 0 Å². The molecule has 1 aromatic rings. The van der Waals surface area contributed by atoms with Gasteiger partial charge in [-0.3, -0.25) is 0 Å². The molecule has 1 heterocycles. The maximum Gasteiger partial charge on any atom is 0.131 e. The Morgan fingerprint density at radius 1 is 1.29 bits per heavy atom. The van der Waals surface area contributed by atoms with Crippen LogP contribution in [0, 0.1) is 0 Å². The van der Waals surface area contributed by atoms with Crippen molar-refractivity contribution in [1.82, 2.24) is 15.3 Å². The predicted molar refractivity (Wildman–Crippen MR) is 69.8 cm³/mol. The van der Waals surface area contributed by atoms with Gasteiger partial charge in [0.05, 0.1) is 5.69 Å². The van der Waals surface area contributed by atoms with Gasteiger partial charge in [0.2, 0.25) is 0 Å². The molecule has 1 aliphatic rings. The van der Waals surface area contributed by atoms with Crippen LogP contribution >= 0.6 is 0 Å². The van der Waals surface area contributed by atoms with Gasteiger partial charge in [0, 0.05) is 24.2 Å². The first-order valence-corrected chi connectivity index (χ1v) is 6.61. The summed E-state index contributed by atoms with van der Waals surface area (Å²) in [5, 5.41) is 3.47. The van der Waals surface area contributed by atoms with Crippen LogP contribution in [-0.2, 0) is 6.54 Å². The molecule has 2 rings (SSSR count). The predicted octanol–water partition coefficient (Wildman–Crippen LogP) is 3.02. The van der Waals surface area contributed by atoms with Gasteiger partial charge in [-0.1, -0.05) is 12.8 Å². The number of aromatic nitrogens is 2. The van der Waals surface area contributed by atoms with Gasteiger partial charge in [-0.15, -0.1) is 0 Å². The van der Waals surface area contributed by atoms with Crippen molar-refractivity contribution >= 4 is 0 Å². The monoisotopic (exact) mass is 233 g/mol. The maximum atomic E-state index is 4.68. The van der Waals surface area contributed by atoms with E-state index in [2.05, 4.69) is 36.1 Å². The van der Waals surface area contributed by atoms with Crippen molar-refractivity contribution in [3.8, 4) is 0 Å². The van der Waals surface area contributed by atoms with E-state index in [1.165, 1.54) is 25.7 Å². The largest absolute Gasteiger partial charge is 0.306 e. The zero-order valence-electron chi connectivity index (χ0n) is 11.2. The molecule has 17 heavy (non-hydrogen) atoms. The Balaban J connectivity index is 2.01. The van der Waals surface area contributed by atoms with Crippen LogP contribution in [0.3, 0.4) is 0 Å². The lowest BCUT2D eigenvalue weighted by atomic mass is 10.1. The minimum absolute atomic E-state index is 0.137. The minimum atomic E-state index is 0.137. The fraction of sp³-hybridized carbons (Fsp3) is 0.714. The Morgan fingerprint density at radius 2 is 2.00 bits per heavy atom. The van der Waals surface area contributed by atoms with Crippen molar-refractivity contribution in [3.05, 3.63) is 23.8 Å². The molecule has 1 N–H and O–H groups in total. The number of hydrogen-bond acceptors (Lipinski definition) is 3. The van der Waals surface area contributed by atoms with Crippen LogP contribution in [0.5, 0.6) is 0 Å². The highest BCUT2D eigenvalue weighted by Gasteiger charge is 2.19. The highest BCUT2D eigenvalue weighted by Crippen LogP contribution is 2.31. The summed E-state index contributed by atoms with van der Waals surface area (Å²) >= 11 is 0. The summed E-state index contributed by atoms with van der Waals surface area (Å²) in [7, 11) is 0. The third-order valence-electron chi connectivity index (χ3n) is 3.25. The van der Waals surface area contributed by atoms with Gasteiger partial charge in [-0.25, -0.2) is 9.97 Å². The van der Waals surface area contributed by atoms with Crippen LogP contribution in [0.25, 0.3) is 0 Å². The van der Waals surface area contributed by atoms with E-state index < -0.39 is 0 Å². The number of hydrogen-bond donors (Lipinski definition) is 1. The standard InChI is InChI=1S/C14H23N3/c1-14(2,3)16-10-12-8-9-15-13(17-12)11-6-4-5-7-11/h8-9,11,16H,4-7,10H2,1-3H3. The molecule has 1 saturated carbocycles. The van der Waals surface area contributed by atoms with Crippen molar-refractivity contribution in [2.45, 2.75) is 64.5 Å². The highest BCUT2D eigenvalue weighted by atomic mass is 15.0. The number of rotatable bonds is 3. The molecule has 0 aliphatic heterocycles. The molecule has 0 amide bonds. The third kappa shape index (κ3) is 3.77. The summed E-state index contributed by atoms with van der Waals surface area (Å²) in [5.41, 5.74) is 1.25. The zero-order valence-corrected chi connectivity index (χ0v) is 11.2. The molecular weight excluding hydrogens is 210 g/mol. The summed E-state index contributed by atoms with van der Waals surface area (Å²) in [5.74, 6) is 1.65. The van der Waals surface area contributed by atoms with Crippen LogP contribution in [0.15, 0.2) is 12.3 Å². The van der Waals surface area contributed by atoms with E-state index in [-0.39, 0.29) is 5.54 Å². The van der Waals surface area contributed by atoms with E-state index >= 15 is 0 Å². The lowest BCUT2D eigenvalue weighted by Gasteiger charge is -2.20. The van der Waals surface area contributed by atoms with Crippen molar-refractivity contribution < 1.29 is 0 Å². The Kier molecular flexibility index (Phi) is 3.77. The Morgan fingerprint density at radius 3 is 2.65 bits per heavy atom. The van der Waals surface area contributed by atoms with E-state index in [4.69, 9.17) is 0 Å². The summed E-state index contributed by atoms with van der Waals surface area (Å²) in [4.78, 5) is 9.11. The van der Waals surface area contributed by atoms with Gasteiger partial charge in [0.15, 0.2) is 0 Å². The van der Waals surface area contributed by atoms with Gasteiger partial charge >= 0.3 is 0 Å². The quantitative estimate of drug-likeness (QED) is 0.872. The fourth-order valence-corrected chi connectivity index (χ4v) is 2.25. The second-order valence-corrected chi connectivity index (χ2v) is 5.99. The summed E-state index contributed by atoms with van der Waals surface area (Å²) in [6, 6.07) is 2.01. The van der Waals surface area contributed by atoms with Gasteiger partial charge in [-0.2, -0.15) is 0 Å². The van der Waals surface area contributed by atoms with Crippen molar-refractivity contribution in [2.24, 2.45) is 0 Å². The average Bonchev–Trinajstić information content (AvgIpc) is 2.79. The lowest BCUT2D eigenvalue weighted by Crippen LogP contribution is -2.35. The molecule has 1 aromatic heterocycles. The van der Waals surface area contributed by atoms with Crippen molar-refractivity contribution in [2.75, 3.05) is 0 Å². The average molecular weight is 233 g/mol. The zero-order chi connectivity index (χ0) is 12.3. The molecule has 1 fully saturated rings. The van der Waals surface area contributed by atoms with E-state index in [0.29, 0.717) is 5.92 Å². The molecule has 0 spiro atoms. The van der Waals surface area contributed by atoms with E-state index in [0.717, 1.165) is 18.1 Å². The molecule has 3 heteroatoms. The van der Waals surface area contributed by atoms with E-state index in [1.807, 2.05) is 12.3 Å². The van der Waals surface area contributed by atoms with Gasteiger partial charge in [0.1, 0.15) is 5.82 Å². The van der Waals surface area contributed by atoms with Gasteiger partial charge < -0.3 is 5.32 Å². The second-order valence-electron chi connectivity index (χ2n) is 5.99. The van der Waals surface area contributed by atoms with E-state index in [1.54, 1.807) is 0 Å². The first kappa shape index (κ1) is 12.5. The van der Waals surface area contributed by atoms with Crippen LogP contribution < -0.4 is 5.32 Å². The van der Waals surface area contributed by atoms with Crippen LogP contribution in [0.2, 0.25) is 0 Å². The highest BCUT2D eigenvalue weighted by molar-refractivity contribution is 5.07. The molecule has 3 nitrogen and oxygen atoms in total. The number of nitrogens with zero attached hydrogens (tertiary/aromatic N) is 2. The first-order valence-electron chi connectivity index (χ1n) is 6.61. The van der Waals surface area contributed by atoms with Gasteiger partial charge in [0.25, 0.3) is 0 Å². The molecule has 94 valence electrons. The molecule has 0 unspecified atom stereocenters. The second kappa shape index (κ2) is 5.13.